The molecular formula is C11H19N. The number of hydrogen-bond donors (Lipinski definition) is 0. The van der Waals surface area contributed by atoms with Gasteiger partial charge in [-0.25, -0.2) is 0 Å². The van der Waals surface area contributed by atoms with Crippen molar-refractivity contribution in [1.82, 2.24) is 0 Å². The molecule has 0 aromatic carbocycles. The Morgan fingerprint density at radius 1 is 1.25 bits per heavy atom. The molecule has 1 aliphatic carbocycles. The fraction of sp³-hybridized carbons (Fsp3) is 0.909. The van der Waals surface area contributed by atoms with Gasteiger partial charge in [-0.15, -0.1) is 0 Å². The topological polar surface area (TPSA) is 12.4 Å². The number of fused-ring (bicyclic) bond motifs is 1. The maximum atomic E-state index is 4.84. The molecule has 12 heavy (non-hydrogen) atoms. The Bertz CT molecular complexity index is 183. The highest BCUT2D eigenvalue weighted by Crippen LogP contribution is 2.31. The van der Waals surface area contributed by atoms with E-state index in [-0.39, 0.29) is 0 Å². The molecule has 1 saturated carbocycles. The highest BCUT2D eigenvalue weighted by Gasteiger charge is 2.25. The Morgan fingerprint density at radius 3 is 3.00 bits per heavy atom. The van der Waals surface area contributed by atoms with Crippen LogP contribution in [-0.2, 0) is 0 Å². The van der Waals surface area contributed by atoms with Crippen molar-refractivity contribution in [3.8, 4) is 0 Å². The molecule has 68 valence electrons. The summed E-state index contributed by atoms with van der Waals surface area (Å²) in [6.45, 7) is 2.26. The first-order valence-corrected chi connectivity index (χ1v) is 5.46. The second kappa shape index (κ2) is 3.59. The number of nitrogens with zero attached hydrogens (tertiary/aromatic N) is 1. The summed E-state index contributed by atoms with van der Waals surface area (Å²) in [6, 6.07) is 0.675. The van der Waals surface area contributed by atoms with Gasteiger partial charge in [0.2, 0.25) is 0 Å². The van der Waals surface area contributed by atoms with E-state index in [0.29, 0.717) is 6.04 Å². The van der Waals surface area contributed by atoms with Gasteiger partial charge >= 0.3 is 0 Å². The third-order valence-corrected chi connectivity index (χ3v) is 3.37. The van der Waals surface area contributed by atoms with E-state index < -0.39 is 0 Å². The van der Waals surface area contributed by atoms with E-state index in [1.165, 1.54) is 44.9 Å². The molecule has 0 aromatic heterocycles. The van der Waals surface area contributed by atoms with E-state index in [1.807, 2.05) is 0 Å². The lowest BCUT2D eigenvalue weighted by Crippen LogP contribution is -2.27. The minimum absolute atomic E-state index is 0.675. The highest BCUT2D eigenvalue weighted by atomic mass is 14.8. The smallest absolute Gasteiger partial charge is 0.0496 e. The fourth-order valence-electron chi connectivity index (χ4n) is 2.54. The predicted molar refractivity (Wildman–Crippen MR) is 52.7 cm³/mol. The van der Waals surface area contributed by atoms with Gasteiger partial charge in [0.25, 0.3) is 0 Å². The number of hydrogen-bond acceptors (Lipinski definition) is 1. The molecule has 0 bridgehead atoms. The molecule has 1 aliphatic heterocycles. The van der Waals surface area contributed by atoms with Crippen molar-refractivity contribution in [2.24, 2.45) is 10.9 Å². The molecule has 2 atom stereocenters. The van der Waals surface area contributed by atoms with Crippen LogP contribution in [0.25, 0.3) is 0 Å². The summed E-state index contributed by atoms with van der Waals surface area (Å²) in [5, 5.41) is 0. The first-order valence-electron chi connectivity index (χ1n) is 5.46. The highest BCUT2D eigenvalue weighted by molar-refractivity contribution is 5.88. The summed E-state index contributed by atoms with van der Waals surface area (Å²) < 4.78 is 0. The predicted octanol–water partition coefficient (Wildman–Crippen LogP) is 3.19. The van der Waals surface area contributed by atoms with E-state index in [1.54, 1.807) is 5.71 Å². The van der Waals surface area contributed by atoms with Crippen molar-refractivity contribution < 1.29 is 0 Å². The molecule has 2 rings (SSSR count). The van der Waals surface area contributed by atoms with Crippen LogP contribution in [0, 0.1) is 5.92 Å². The second-order valence-corrected chi connectivity index (χ2v) is 4.20. The van der Waals surface area contributed by atoms with Gasteiger partial charge in [0.1, 0.15) is 0 Å². The molecule has 1 nitrogen and oxygen atoms in total. The average molecular weight is 165 g/mol. The van der Waals surface area contributed by atoms with E-state index in [0.717, 1.165) is 5.92 Å². The fourth-order valence-corrected chi connectivity index (χ4v) is 2.54. The van der Waals surface area contributed by atoms with Crippen molar-refractivity contribution in [2.75, 3.05) is 0 Å². The van der Waals surface area contributed by atoms with Crippen LogP contribution in [0.1, 0.15) is 51.9 Å². The summed E-state index contributed by atoms with van der Waals surface area (Å²) in [7, 11) is 0. The first-order chi connectivity index (χ1) is 5.90. The van der Waals surface area contributed by atoms with Crippen molar-refractivity contribution in [3.63, 3.8) is 0 Å². The lowest BCUT2D eigenvalue weighted by Gasteiger charge is -2.30. The molecule has 1 heterocycles. The van der Waals surface area contributed by atoms with Gasteiger partial charge in [-0.2, -0.15) is 0 Å². The van der Waals surface area contributed by atoms with E-state index >= 15 is 0 Å². The Morgan fingerprint density at radius 2 is 2.17 bits per heavy atom. The van der Waals surface area contributed by atoms with Crippen LogP contribution in [0.2, 0.25) is 0 Å². The van der Waals surface area contributed by atoms with Crippen molar-refractivity contribution >= 4 is 5.71 Å². The molecule has 2 aliphatic rings. The molecule has 2 unspecified atom stereocenters. The monoisotopic (exact) mass is 165 g/mol. The molecule has 0 amide bonds. The Hall–Kier alpha value is -0.330. The van der Waals surface area contributed by atoms with Crippen molar-refractivity contribution in [2.45, 2.75) is 57.9 Å². The Kier molecular flexibility index (Phi) is 2.48. The van der Waals surface area contributed by atoms with Crippen LogP contribution < -0.4 is 0 Å². The Labute approximate surface area is 75.3 Å². The van der Waals surface area contributed by atoms with Crippen LogP contribution >= 0.6 is 0 Å². The molecule has 0 spiro atoms. The molecule has 1 fully saturated rings. The minimum Gasteiger partial charge on any atom is -0.291 e. The summed E-state index contributed by atoms with van der Waals surface area (Å²) in [4.78, 5) is 4.84. The van der Waals surface area contributed by atoms with Gasteiger partial charge in [-0.1, -0.05) is 13.3 Å². The standard InChI is InChI=1S/C11H19N/c1-2-10-8-7-9-5-3-4-6-11(9)12-10/h9-10H,2-8H2,1H3. The average Bonchev–Trinajstić information content (AvgIpc) is 2.17. The summed E-state index contributed by atoms with van der Waals surface area (Å²) >= 11 is 0. The number of rotatable bonds is 1. The lowest BCUT2D eigenvalue weighted by molar-refractivity contribution is 0.420. The van der Waals surface area contributed by atoms with Gasteiger partial charge in [-0.05, 0) is 44.4 Å². The summed E-state index contributed by atoms with van der Waals surface area (Å²) in [6.07, 6.45) is 9.60. The summed E-state index contributed by atoms with van der Waals surface area (Å²) in [5.41, 5.74) is 1.57. The van der Waals surface area contributed by atoms with Gasteiger partial charge in [0.15, 0.2) is 0 Å². The molecule has 0 saturated heterocycles. The maximum absolute atomic E-state index is 4.84. The third kappa shape index (κ3) is 1.55. The maximum Gasteiger partial charge on any atom is 0.0496 e. The van der Waals surface area contributed by atoms with E-state index in [2.05, 4.69) is 6.92 Å². The normalized spacial score (nSPS) is 35.6. The number of aliphatic imine (C=N–C) groups is 1. The zero-order valence-electron chi connectivity index (χ0n) is 8.05. The first kappa shape index (κ1) is 8.28. The summed E-state index contributed by atoms with van der Waals surface area (Å²) in [5.74, 6) is 0.890. The molecular weight excluding hydrogens is 146 g/mol. The zero-order chi connectivity index (χ0) is 8.39. The quantitative estimate of drug-likeness (QED) is 0.566. The zero-order valence-corrected chi connectivity index (χ0v) is 8.05. The lowest BCUT2D eigenvalue weighted by atomic mass is 9.81. The third-order valence-electron chi connectivity index (χ3n) is 3.37. The van der Waals surface area contributed by atoms with Crippen molar-refractivity contribution in [1.29, 1.82) is 0 Å². The van der Waals surface area contributed by atoms with E-state index in [4.69, 9.17) is 4.99 Å². The van der Waals surface area contributed by atoms with Gasteiger partial charge in [0, 0.05) is 11.8 Å². The van der Waals surface area contributed by atoms with Gasteiger partial charge in [-0.3, -0.25) is 4.99 Å². The van der Waals surface area contributed by atoms with Crippen molar-refractivity contribution in [3.05, 3.63) is 0 Å². The van der Waals surface area contributed by atoms with Crippen LogP contribution in [-0.4, -0.2) is 11.8 Å². The Balaban J connectivity index is 2.06. The minimum atomic E-state index is 0.675. The van der Waals surface area contributed by atoms with Crippen LogP contribution in [0.3, 0.4) is 0 Å². The molecule has 0 aromatic rings. The molecule has 1 heteroatoms. The van der Waals surface area contributed by atoms with Crippen LogP contribution in [0.4, 0.5) is 0 Å². The second-order valence-electron chi connectivity index (χ2n) is 4.20. The van der Waals surface area contributed by atoms with Crippen LogP contribution in [0.5, 0.6) is 0 Å². The SMILES string of the molecule is CCC1CCC2CCCCC2=N1. The largest absolute Gasteiger partial charge is 0.291 e. The van der Waals surface area contributed by atoms with E-state index in [9.17, 15) is 0 Å². The van der Waals surface area contributed by atoms with Crippen LogP contribution in [0.15, 0.2) is 4.99 Å². The van der Waals surface area contributed by atoms with Gasteiger partial charge < -0.3 is 0 Å². The van der Waals surface area contributed by atoms with Gasteiger partial charge in [0.05, 0.1) is 0 Å². The molecule has 0 radical (unpaired) electrons. The molecule has 0 N–H and O–H groups in total.